The molecule has 0 aliphatic carbocycles. The van der Waals surface area contributed by atoms with Crippen molar-refractivity contribution in [3.8, 4) is 5.75 Å². The summed E-state index contributed by atoms with van der Waals surface area (Å²) >= 11 is 1.34. The molecule has 1 aromatic heterocycles. The van der Waals surface area contributed by atoms with Gasteiger partial charge in [-0.3, -0.25) is 14.9 Å². The molecule has 0 saturated carbocycles. The molecule has 29 heavy (non-hydrogen) atoms. The van der Waals surface area contributed by atoms with E-state index in [2.05, 4.69) is 15.6 Å². The van der Waals surface area contributed by atoms with E-state index < -0.39 is 6.10 Å². The molecule has 8 heteroatoms. The van der Waals surface area contributed by atoms with Crippen molar-refractivity contribution in [3.05, 3.63) is 71.2 Å². The van der Waals surface area contributed by atoms with Gasteiger partial charge in [0.1, 0.15) is 11.9 Å². The van der Waals surface area contributed by atoms with Crippen molar-refractivity contribution < 1.29 is 19.1 Å². The summed E-state index contributed by atoms with van der Waals surface area (Å²) in [6, 6.07) is 14.1. The largest absolute Gasteiger partial charge is 0.497 e. The summed E-state index contributed by atoms with van der Waals surface area (Å²) < 4.78 is 10.8. The van der Waals surface area contributed by atoms with E-state index in [1.807, 2.05) is 24.3 Å². The Bertz CT molecular complexity index is 958. The SMILES string of the molecule is COc1cccc(COC(C)C(=O)Nc2ccc(C(=O)Nc3nccs3)cc2)c1. The van der Waals surface area contributed by atoms with Crippen LogP contribution in [-0.2, 0) is 16.1 Å². The second-order valence-electron chi connectivity index (χ2n) is 6.16. The molecule has 2 N–H and O–H groups in total. The van der Waals surface area contributed by atoms with E-state index >= 15 is 0 Å². The standard InChI is InChI=1S/C21H21N3O4S/c1-14(28-13-15-4-3-5-18(12-15)27-2)19(25)23-17-8-6-16(7-9-17)20(26)24-21-22-10-11-29-21/h3-12,14H,13H2,1-2H3,(H,23,25)(H,22,24,26). The van der Waals surface area contributed by atoms with Gasteiger partial charge in [0, 0.05) is 22.8 Å². The Balaban J connectivity index is 1.50. The fourth-order valence-corrected chi connectivity index (χ4v) is 2.99. The highest BCUT2D eigenvalue weighted by atomic mass is 32.1. The number of nitrogens with zero attached hydrogens (tertiary/aromatic N) is 1. The Morgan fingerprint density at radius 1 is 1.14 bits per heavy atom. The number of ether oxygens (including phenoxy) is 2. The third-order valence-corrected chi connectivity index (χ3v) is 4.76. The van der Waals surface area contributed by atoms with Gasteiger partial charge in [-0.1, -0.05) is 12.1 Å². The molecule has 3 rings (SSSR count). The summed E-state index contributed by atoms with van der Waals surface area (Å²) in [6.45, 7) is 1.98. The molecule has 2 amide bonds. The Morgan fingerprint density at radius 3 is 2.62 bits per heavy atom. The van der Waals surface area contributed by atoms with Crippen LogP contribution >= 0.6 is 11.3 Å². The van der Waals surface area contributed by atoms with Gasteiger partial charge in [-0.15, -0.1) is 11.3 Å². The monoisotopic (exact) mass is 411 g/mol. The van der Waals surface area contributed by atoms with Crippen molar-refractivity contribution in [1.29, 1.82) is 0 Å². The minimum Gasteiger partial charge on any atom is -0.497 e. The summed E-state index contributed by atoms with van der Waals surface area (Å²) in [5.74, 6) is 0.211. The average molecular weight is 411 g/mol. The highest BCUT2D eigenvalue weighted by Gasteiger charge is 2.14. The smallest absolute Gasteiger partial charge is 0.257 e. The minimum absolute atomic E-state index is 0.257. The molecule has 150 valence electrons. The lowest BCUT2D eigenvalue weighted by molar-refractivity contribution is -0.127. The van der Waals surface area contributed by atoms with E-state index in [1.165, 1.54) is 11.3 Å². The molecular formula is C21H21N3O4S. The summed E-state index contributed by atoms with van der Waals surface area (Å²) in [7, 11) is 1.60. The zero-order chi connectivity index (χ0) is 20.6. The first kappa shape index (κ1) is 20.5. The van der Waals surface area contributed by atoms with Crippen LogP contribution in [0.1, 0.15) is 22.8 Å². The van der Waals surface area contributed by atoms with Crippen molar-refractivity contribution >= 4 is 34.0 Å². The highest BCUT2D eigenvalue weighted by Crippen LogP contribution is 2.16. The van der Waals surface area contributed by atoms with Crippen LogP contribution in [0, 0.1) is 0 Å². The summed E-state index contributed by atoms with van der Waals surface area (Å²) in [4.78, 5) is 28.5. The number of thiazole rings is 1. The third kappa shape index (κ3) is 5.87. The molecule has 0 saturated heterocycles. The Kier molecular flexibility index (Phi) is 6.94. The number of rotatable bonds is 8. The average Bonchev–Trinajstić information content (AvgIpc) is 3.25. The van der Waals surface area contributed by atoms with Gasteiger partial charge in [0.15, 0.2) is 5.13 Å². The van der Waals surface area contributed by atoms with E-state index in [1.54, 1.807) is 49.9 Å². The van der Waals surface area contributed by atoms with Crippen LogP contribution in [0.5, 0.6) is 5.75 Å². The molecule has 1 atom stereocenters. The number of benzene rings is 2. The fourth-order valence-electron chi connectivity index (χ4n) is 2.46. The first-order valence-corrected chi connectivity index (χ1v) is 9.79. The zero-order valence-corrected chi connectivity index (χ0v) is 16.9. The molecule has 1 heterocycles. The molecule has 0 aliphatic rings. The van der Waals surface area contributed by atoms with E-state index in [9.17, 15) is 9.59 Å². The summed E-state index contributed by atoms with van der Waals surface area (Å²) in [6.07, 6.45) is 0.977. The van der Waals surface area contributed by atoms with Gasteiger partial charge in [0.25, 0.3) is 11.8 Å². The molecule has 0 fully saturated rings. The normalized spacial score (nSPS) is 11.5. The molecule has 0 aliphatic heterocycles. The quantitative estimate of drug-likeness (QED) is 0.586. The van der Waals surface area contributed by atoms with Crippen LogP contribution in [0.25, 0.3) is 0 Å². The van der Waals surface area contributed by atoms with E-state index in [0.717, 1.165) is 11.3 Å². The molecule has 2 aromatic carbocycles. The number of methoxy groups -OCH3 is 1. The topological polar surface area (TPSA) is 89.5 Å². The van der Waals surface area contributed by atoms with Crippen LogP contribution in [0.4, 0.5) is 10.8 Å². The maximum atomic E-state index is 12.3. The molecule has 7 nitrogen and oxygen atoms in total. The van der Waals surface area contributed by atoms with Gasteiger partial charge >= 0.3 is 0 Å². The number of carbonyl (C=O) groups is 2. The van der Waals surface area contributed by atoms with Gasteiger partial charge in [-0.25, -0.2) is 4.98 Å². The number of nitrogens with one attached hydrogen (secondary N) is 2. The van der Waals surface area contributed by atoms with Crippen LogP contribution in [0.2, 0.25) is 0 Å². The lowest BCUT2D eigenvalue weighted by atomic mass is 10.2. The first-order valence-electron chi connectivity index (χ1n) is 8.91. The third-order valence-electron chi connectivity index (χ3n) is 4.07. The number of amides is 2. The van der Waals surface area contributed by atoms with Gasteiger partial charge in [-0.2, -0.15) is 0 Å². The second-order valence-corrected chi connectivity index (χ2v) is 7.06. The first-order chi connectivity index (χ1) is 14.0. The lowest BCUT2D eigenvalue weighted by Crippen LogP contribution is -2.27. The summed E-state index contributed by atoms with van der Waals surface area (Å²) in [5, 5.41) is 7.81. The van der Waals surface area contributed by atoms with E-state index in [-0.39, 0.29) is 11.8 Å². The number of carbonyl (C=O) groups excluding carboxylic acids is 2. The molecule has 0 radical (unpaired) electrons. The number of hydrogen-bond donors (Lipinski definition) is 2. The van der Waals surface area contributed by atoms with Gasteiger partial charge in [-0.05, 0) is 48.9 Å². The highest BCUT2D eigenvalue weighted by molar-refractivity contribution is 7.13. The Hall–Kier alpha value is -3.23. The van der Waals surface area contributed by atoms with E-state index in [4.69, 9.17) is 9.47 Å². The van der Waals surface area contributed by atoms with Gasteiger partial charge in [0.05, 0.1) is 13.7 Å². The Morgan fingerprint density at radius 2 is 1.93 bits per heavy atom. The molecule has 0 bridgehead atoms. The number of hydrogen-bond acceptors (Lipinski definition) is 6. The number of aromatic nitrogens is 1. The second kappa shape index (κ2) is 9.81. The van der Waals surface area contributed by atoms with E-state index in [0.29, 0.717) is 23.0 Å². The lowest BCUT2D eigenvalue weighted by Gasteiger charge is -2.14. The molecule has 3 aromatic rings. The van der Waals surface area contributed by atoms with Crippen LogP contribution in [0.15, 0.2) is 60.1 Å². The van der Waals surface area contributed by atoms with Crippen molar-refractivity contribution in [2.24, 2.45) is 0 Å². The summed E-state index contributed by atoms with van der Waals surface area (Å²) in [5.41, 5.74) is 1.97. The fraction of sp³-hybridized carbons (Fsp3) is 0.190. The molecule has 0 spiro atoms. The zero-order valence-electron chi connectivity index (χ0n) is 16.0. The van der Waals surface area contributed by atoms with Gasteiger partial charge < -0.3 is 14.8 Å². The van der Waals surface area contributed by atoms with Crippen molar-refractivity contribution in [1.82, 2.24) is 4.98 Å². The maximum absolute atomic E-state index is 12.3. The predicted octanol–water partition coefficient (Wildman–Crippen LogP) is 3.95. The van der Waals surface area contributed by atoms with Crippen molar-refractivity contribution in [2.45, 2.75) is 19.6 Å². The van der Waals surface area contributed by atoms with Crippen LogP contribution < -0.4 is 15.4 Å². The van der Waals surface area contributed by atoms with Crippen molar-refractivity contribution in [3.63, 3.8) is 0 Å². The van der Waals surface area contributed by atoms with Crippen molar-refractivity contribution in [2.75, 3.05) is 17.7 Å². The van der Waals surface area contributed by atoms with Gasteiger partial charge in [0.2, 0.25) is 0 Å². The Labute approximate surface area is 172 Å². The molecule has 1 unspecified atom stereocenters. The molecular weight excluding hydrogens is 390 g/mol. The number of anilines is 2. The predicted molar refractivity (Wildman–Crippen MR) is 112 cm³/mol. The van der Waals surface area contributed by atoms with Crippen LogP contribution in [-0.4, -0.2) is 30.0 Å². The minimum atomic E-state index is -0.644. The maximum Gasteiger partial charge on any atom is 0.257 e. The van der Waals surface area contributed by atoms with Crippen LogP contribution in [0.3, 0.4) is 0 Å².